The Hall–Kier alpha value is -3.23. The lowest BCUT2D eigenvalue weighted by molar-refractivity contribution is -0.115. The van der Waals surface area contributed by atoms with E-state index in [4.69, 9.17) is 16.6 Å². The van der Waals surface area contributed by atoms with E-state index in [0.717, 1.165) is 35.6 Å². The van der Waals surface area contributed by atoms with Crippen LogP contribution in [-0.2, 0) is 11.3 Å². The second kappa shape index (κ2) is 9.50. The van der Waals surface area contributed by atoms with Gasteiger partial charge in [0, 0.05) is 20.1 Å². The van der Waals surface area contributed by atoms with Crippen LogP contribution in [-0.4, -0.2) is 47.3 Å². The number of hydrogen-bond donors (Lipinski definition) is 2. The molecule has 0 spiro atoms. The Morgan fingerprint density at radius 2 is 2.12 bits per heavy atom. The lowest BCUT2D eigenvalue weighted by Gasteiger charge is -2.21. The van der Waals surface area contributed by atoms with Crippen LogP contribution in [0.1, 0.15) is 31.0 Å². The number of anilines is 2. The largest absolute Gasteiger partial charge is 0.373 e. The van der Waals surface area contributed by atoms with Crippen molar-refractivity contribution in [2.24, 2.45) is 4.99 Å². The second-order valence-electron chi connectivity index (χ2n) is 7.74. The Balaban J connectivity index is 1.76. The highest BCUT2D eigenvalue weighted by molar-refractivity contribution is 6.34. The molecule has 2 aromatic carbocycles. The van der Waals surface area contributed by atoms with E-state index in [-0.39, 0.29) is 12.3 Å². The van der Waals surface area contributed by atoms with Gasteiger partial charge in [0.2, 0.25) is 5.91 Å². The maximum absolute atomic E-state index is 12.6. The Morgan fingerprint density at radius 3 is 2.91 bits per heavy atom. The maximum Gasteiger partial charge on any atom is 0.230 e. The number of aliphatic imine (C=N–C) groups is 1. The van der Waals surface area contributed by atoms with E-state index < -0.39 is 0 Å². The molecule has 3 aromatic rings. The van der Waals surface area contributed by atoms with E-state index in [2.05, 4.69) is 32.8 Å². The maximum atomic E-state index is 12.6. The Morgan fingerprint density at radius 1 is 1.28 bits per heavy atom. The highest BCUT2D eigenvalue weighted by Crippen LogP contribution is 2.38. The zero-order chi connectivity index (χ0) is 22.7. The van der Waals surface area contributed by atoms with Crippen molar-refractivity contribution in [1.82, 2.24) is 20.3 Å². The minimum Gasteiger partial charge on any atom is -0.373 e. The van der Waals surface area contributed by atoms with Crippen molar-refractivity contribution >= 4 is 40.3 Å². The van der Waals surface area contributed by atoms with Gasteiger partial charge in [-0.15, -0.1) is 5.10 Å². The van der Waals surface area contributed by atoms with Gasteiger partial charge in [-0.2, -0.15) is 0 Å². The molecule has 4 rings (SSSR count). The Bertz CT molecular complexity index is 1170. The molecule has 0 atom stereocenters. The minimum absolute atomic E-state index is 0.129. The van der Waals surface area contributed by atoms with Crippen LogP contribution in [0, 0.1) is 0 Å². The number of nitrogens with zero attached hydrogens (tertiary/aromatic N) is 5. The van der Waals surface area contributed by atoms with Gasteiger partial charge in [0.1, 0.15) is 0 Å². The molecule has 0 fully saturated rings. The highest BCUT2D eigenvalue weighted by atomic mass is 35.5. The van der Waals surface area contributed by atoms with Gasteiger partial charge in [0.25, 0.3) is 0 Å². The van der Waals surface area contributed by atoms with Crippen LogP contribution in [0.4, 0.5) is 17.1 Å². The molecule has 0 radical (unpaired) electrons. The highest BCUT2D eigenvalue weighted by Gasteiger charge is 2.20. The van der Waals surface area contributed by atoms with E-state index in [1.165, 1.54) is 0 Å². The molecular formula is C23H26ClN7O. The molecule has 9 heteroatoms. The van der Waals surface area contributed by atoms with Crippen LogP contribution in [0.3, 0.4) is 0 Å². The first kappa shape index (κ1) is 22.0. The van der Waals surface area contributed by atoms with Gasteiger partial charge in [0.15, 0.2) is 0 Å². The Kier molecular flexibility index (Phi) is 6.53. The van der Waals surface area contributed by atoms with Gasteiger partial charge in [-0.1, -0.05) is 35.9 Å². The summed E-state index contributed by atoms with van der Waals surface area (Å²) in [5.74, 6) is -0.129. The van der Waals surface area contributed by atoms with E-state index in [0.29, 0.717) is 28.7 Å². The summed E-state index contributed by atoms with van der Waals surface area (Å²) in [6.07, 6.45) is 2.89. The normalized spacial score (nSPS) is 13.2. The van der Waals surface area contributed by atoms with Gasteiger partial charge in [-0.05, 0) is 43.3 Å². The number of fused-ring (bicyclic) bond motifs is 1. The van der Waals surface area contributed by atoms with Crippen LogP contribution in [0.25, 0.3) is 5.69 Å². The first-order valence-corrected chi connectivity index (χ1v) is 10.9. The summed E-state index contributed by atoms with van der Waals surface area (Å²) in [7, 11) is 3.88. The number of carbonyl (C=O) groups is 1. The number of aromatic nitrogens is 3. The molecule has 8 nitrogen and oxygen atoms in total. The number of halogens is 1. The summed E-state index contributed by atoms with van der Waals surface area (Å²) in [4.78, 5) is 19.6. The predicted molar refractivity (Wildman–Crippen MR) is 129 cm³/mol. The van der Waals surface area contributed by atoms with E-state index in [1.54, 1.807) is 16.9 Å². The molecule has 2 heterocycles. The zero-order valence-corrected chi connectivity index (χ0v) is 19.1. The van der Waals surface area contributed by atoms with Crippen molar-refractivity contribution in [3.8, 4) is 5.69 Å². The average Bonchev–Trinajstić information content (AvgIpc) is 3.16. The number of carbonyl (C=O) groups excluding carboxylic acids is 1. The summed E-state index contributed by atoms with van der Waals surface area (Å²) in [5, 5.41) is 14.9. The number of benzene rings is 2. The third kappa shape index (κ3) is 4.51. The van der Waals surface area contributed by atoms with Gasteiger partial charge >= 0.3 is 0 Å². The van der Waals surface area contributed by atoms with Crippen molar-refractivity contribution in [2.75, 3.05) is 30.9 Å². The van der Waals surface area contributed by atoms with Crippen molar-refractivity contribution in [3.63, 3.8) is 0 Å². The third-order valence-electron chi connectivity index (χ3n) is 5.29. The Labute approximate surface area is 192 Å². The van der Waals surface area contributed by atoms with Crippen molar-refractivity contribution in [2.45, 2.75) is 26.3 Å². The van der Waals surface area contributed by atoms with Crippen molar-refractivity contribution in [1.29, 1.82) is 0 Å². The van der Waals surface area contributed by atoms with Gasteiger partial charge in [0.05, 0.1) is 51.8 Å². The molecule has 0 aliphatic carbocycles. The average molecular weight is 452 g/mol. The first-order valence-electron chi connectivity index (χ1n) is 10.6. The quantitative estimate of drug-likeness (QED) is 0.568. The molecule has 0 saturated heterocycles. The fraction of sp³-hybridized carbons (Fsp3) is 0.304. The second-order valence-corrected chi connectivity index (χ2v) is 8.15. The lowest BCUT2D eigenvalue weighted by Crippen LogP contribution is -2.18. The lowest BCUT2D eigenvalue weighted by atomic mass is 10.1. The molecule has 0 saturated carbocycles. The number of rotatable bonds is 7. The minimum atomic E-state index is -0.129. The van der Waals surface area contributed by atoms with E-state index >= 15 is 0 Å². The van der Waals surface area contributed by atoms with Crippen molar-refractivity contribution in [3.05, 3.63) is 58.9 Å². The van der Waals surface area contributed by atoms with Crippen LogP contribution in [0.5, 0.6) is 0 Å². The molecule has 1 aliphatic heterocycles. The monoisotopic (exact) mass is 451 g/mol. The standard InChI is InChI=1S/C23H26ClN7O/c1-4-8-30(3)22-11-21-20(10-18(22)24)28-23(32)12-19(27-21)15-6-5-7-16(9-15)31-17(13-25-2)14-26-29-31/h5-7,9-11,14,25H,4,8,12-13H2,1-3H3,(H,28,32). The molecular weight excluding hydrogens is 426 g/mol. The number of hydrogen-bond acceptors (Lipinski definition) is 6. The molecule has 1 amide bonds. The van der Waals surface area contributed by atoms with Gasteiger partial charge in [-0.25, -0.2) is 4.68 Å². The van der Waals surface area contributed by atoms with Gasteiger partial charge < -0.3 is 15.5 Å². The summed E-state index contributed by atoms with van der Waals surface area (Å²) in [5.41, 5.74) is 5.54. The number of amides is 1. The van der Waals surface area contributed by atoms with E-state index in [9.17, 15) is 4.79 Å². The predicted octanol–water partition coefficient (Wildman–Crippen LogP) is 3.95. The molecule has 2 N–H and O–H groups in total. The summed E-state index contributed by atoms with van der Waals surface area (Å²) in [6.45, 7) is 3.63. The molecule has 32 heavy (non-hydrogen) atoms. The molecule has 166 valence electrons. The molecule has 0 bridgehead atoms. The fourth-order valence-electron chi connectivity index (χ4n) is 3.78. The van der Waals surface area contributed by atoms with E-state index in [1.807, 2.05) is 44.4 Å². The smallest absolute Gasteiger partial charge is 0.230 e. The fourth-order valence-corrected chi connectivity index (χ4v) is 4.09. The molecule has 1 aromatic heterocycles. The topological polar surface area (TPSA) is 87.4 Å². The molecule has 1 aliphatic rings. The van der Waals surface area contributed by atoms with Crippen LogP contribution < -0.4 is 15.5 Å². The van der Waals surface area contributed by atoms with Gasteiger partial charge in [-0.3, -0.25) is 9.79 Å². The van der Waals surface area contributed by atoms with Crippen LogP contribution in [0.15, 0.2) is 47.6 Å². The number of nitrogens with one attached hydrogen (secondary N) is 2. The SMILES string of the molecule is CCCN(C)c1cc2c(cc1Cl)NC(=O)CC(c1cccc(-n3nncc3CNC)c1)=N2. The third-order valence-corrected chi connectivity index (χ3v) is 5.60. The molecule has 0 unspecified atom stereocenters. The summed E-state index contributed by atoms with van der Waals surface area (Å²) >= 11 is 6.50. The van der Waals surface area contributed by atoms with Crippen LogP contribution in [0.2, 0.25) is 5.02 Å². The summed E-state index contributed by atoms with van der Waals surface area (Å²) < 4.78 is 1.78. The van der Waals surface area contributed by atoms with Crippen molar-refractivity contribution < 1.29 is 4.79 Å². The summed E-state index contributed by atoms with van der Waals surface area (Å²) in [6, 6.07) is 11.5. The zero-order valence-electron chi connectivity index (χ0n) is 18.4. The first-order chi connectivity index (χ1) is 15.5. The van der Waals surface area contributed by atoms with Crippen LogP contribution >= 0.6 is 11.6 Å².